The number of aryl methyl sites for hydroxylation is 1. The van der Waals surface area contributed by atoms with Crippen molar-refractivity contribution in [1.82, 2.24) is 4.98 Å². The van der Waals surface area contributed by atoms with Crippen LogP contribution in [0.4, 0.5) is 5.69 Å². The highest BCUT2D eigenvalue weighted by Crippen LogP contribution is 2.24. The van der Waals surface area contributed by atoms with Crippen LogP contribution in [0.25, 0.3) is 11.3 Å². The van der Waals surface area contributed by atoms with Crippen molar-refractivity contribution in [3.8, 4) is 11.3 Å². The van der Waals surface area contributed by atoms with Gasteiger partial charge in [-0.25, -0.2) is 9.78 Å². The van der Waals surface area contributed by atoms with Gasteiger partial charge in [-0.2, -0.15) is 0 Å². The fraction of sp³-hybridized carbons (Fsp3) is 0.292. The lowest BCUT2D eigenvalue weighted by Gasteiger charge is -2.07. The van der Waals surface area contributed by atoms with E-state index in [1.807, 2.05) is 12.1 Å². The molecule has 0 radical (unpaired) electrons. The summed E-state index contributed by atoms with van der Waals surface area (Å²) in [6.07, 6.45) is 2.28. The van der Waals surface area contributed by atoms with Crippen LogP contribution in [0.1, 0.15) is 54.9 Å². The van der Waals surface area contributed by atoms with Crippen molar-refractivity contribution in [3.63, 3.8) is 0 Å². The molecular formula is C24H26N2O4. The summed E-state index contributed by atoms with van der Waals surface area (Å²) in [6.45, 7) is 6.35. The summed E-state index contributed by atoms with van der Waals surface area (Å²) in [4.78, 5) is 28.4. The number of anilines is 1. The highest BCUT2D eigenvalue weighted by molar-refractivity contribution is 5.94. The van der Waals surface area contributed by atoms with E-state index in [0.29, 0.717) is 41.8 Å². The number of amides is 1. The molecule has 0 spiro atoms. The Morgan fingerprint density at radius 1 is 1.13 bits per heavy atom. The third-order valence-corrected chi connectivity index (χ3v) is 4.64. The normalized spacial score (nSPS) is 10.8. The van der Waals surface area contributed by atoms with Crippen LogP contribution in [0.5, 0.6) is 0 Å². The monoisotopic (exact) mass is 406 g/mol. The van der Waals surface area contributed by atoms with E-state index in [-0.39, 0.29) is 12.3 Å². The fourth-order valence-electron chi connectivity index (χ4n) is 2.97. The molecule has 3 rings (SSSR count). The molecule has 2 aromatic carbocycles. The largest absolute Gasteiger partial charge is 0.462 e. The molecule has 0 saturated carbocycles. The maximum atomic E-state index is 12.3. The quantitative estimate of drug-likeness (QED) is 0.519. The van der Waals surface area contributed by atoms with Gasteiger partial charge in [0.25, 0.3) is 0 Å². The summed E-state index contributed by atoms with van der Waals surface area (Å²) >= 11 is 0. The second kappa shape index (κ2) is 9.87. The van der Waals surface area contributed by atoms with Crippen molar-refractivity contribution in [2.45, 2.75) is 39.5 Å². The number of benzene rings is 2. The van der Waals surface area contributed by atoms with Crippen LogP contribution in [0.2, 0.25) is 0 Å². The maximum Gasteiger partial charge on any atom is 0.338 e. The average molecular weight is 406 g/mol. The van der Waals surface area contributed by atoms with Gasteiger partial charge in [0.15, 0.2) is 11.7 Å². The molecular weight excluding hydrogens is 380 g/mol. The molecule has 1 aromatic heterocycles. The van der Waals surface area contributed by atoms with E-state index in [9.17, 15) is 9.59 Å². The highest BCUT2D eigenvalue weighted by atomic mass is 16.5. The predicted octanol–water partition coefficient (Wildman–Crippen LogP) is 5.21. The van der Waals surface area contributed by atoms with E-state index in [1.54, 1.807) is 37.4 Å². The second-order valence-corrected chi connectivity index (χ2v) is 7.24. The van der Waals surface area contributed by atoms with Crippen molar-refractivity contribution >= 4 is 17.6 Å². The zero-order valence-corrected chi connectivity index (χ0v) is 17.5. The number of aromatic nitrogens is 1. The van der Waals surface area contributed by atoms with Gasteiger partial charge in [-0.05, 0) is 36.6 Å². The van der Waals surface area contributed by atoms with E-state index in [2.05, 4.69) is 36.3 Å². The zero-order valence-electron chi connectivity index (χ0n) is 17.5. The molecule has 1 heterocycles. The van der Waals surface area contributed by atoms with Gasteiger partial charge in [-0.15, -0.1) is 0 Å². The molecule has 6 heteroatoms. The Balaban J connectivity index is 1.55. The van der Waals surface area contributed by atoms with Crippen molar-refractivity contribution in [2.75, 3.05) is 11.9 Å². The molecule has 3 aromatic rings. The van der Waals surface area contributed by atoms with Crippen LogP contribution in [0, 0.1) is 0 Å². The molecule has 0 aliphatic heterocycles. The van der Waals surface area contributed by atoms with Gasteiger partial charge in [-0.3, -0.25) is 4.79 Å². The zero-order chi connectivity index (χ0) is 21.5. The smallest absolute Gasteiger partial charge is 0.338 e. The number of carbonyl (C=O) groups is 2. The molecule has 0 unspecified atom stereocenters. The Kier molecular flexibility index (Phi) is 7.01. The predicted molar refractivity (Wildman–Crippen MR) is 115 cm³/mol. The standard InChI is InChI=1S/C24H26N2O4/c1-4-29-24(28)19-6-5-7-20(14-19)26-22(27)12-13-23-25-15-21(30-23)18-10-8-17(9-11-18)16(2)3/h5-11,14-16H,4,12-13H2,1-3H3,(H,26,27). The first-order valence-electron chi connectivity index (χ1n) is 10.1. The Labute approximate surface area is 176 Å². The summed E-state index contributed by atoms with van der Waals surface area (Å²) in [7, 11) is 0. The topological polar surface area (TPSA) is 81.4 Å². The first-order chi connectivity index (χ1) is 14.5. The maximum absolute atomic E-state index is 12.3. The molecule has 1 amide bonds. The number of hydrogen-bond acceptors (Lipinski definition) is 5. The van der Waals surface area contributed by atoms with E-state index in [1.165, 1.54) is 5.56 Å². The molecule has 30 heavy (non-hydrogen) atoms. The summed E-state index contributed by atoms with van der Waals surface area (Å²) in [5.74, 6) is 1.07. The SMILES string of the molecule is CCOC(=O)c1cccc(NC(=O)CCc2ncc(-c3ccc(C(C)C)cc3)o2)c1. The minimum absolute atomic E-state index is 0.183. The van der Waals surface area contributed by atoms with Gasteiger partial charge in [0.2, 0.25) is 5.91 Å². The van der Waals surface area contributed by atoms with Crippen LogP contribution < -0.4 is 5.32 Å². The Morgan fingerprint density at radius 2 is 1.90 bits per heavy atom. The van der Waals surface area contributed by atoms with E-state index >= 15 is 0 Å². The van der Waals surface area contributed by atoms with Gasteiger partial charge < -0.3 is 14.5 Å². The number of esters is 1. The van der Waals surface area contributed by atoms with Crippen molar-refractivity contribution < 1.29 is 18.7 Å². The van der Waals surface area contributed by atoms with Gasteiger partial charge in [-0.1, -0.05) is 44.2 Å². The lowest BCUT2D eigenvalue weighted by Crippen LogP contribution is -2.13. The minimum atomic E-state index is -0.414. The third-order valence-electron chi connectivity index (χ3n) is 4.64. The Bertz CT molecular complexity index is 1010. The van der Waals surface area contributed by atoms with Gasteiger partial charge in [0.1, 0.15) is 0 Å². The van der Waals surface area contributed by atoms with E-state index in [0.717, 1.165) is 5.56 Å². The minimum Gasteiger partial charge on any atom is -0.462 e. The molecule has 0 atom stereocenters. The van der Waals surface area contributed by atoms with Crippen LogP contribution >= 0.6 is 0 Å². The van der Waals surface area contributed by atoms with Crippen LogP contribution in [-0.2, 0) is 16.0 Å². The summed E-state index contributed by atoms with van der Waals surface area (Å²) in [5, 5.41) is 2.79. The number of hydrogen-bond donors (Lipinski definition) is 1. The lowest BCUT2D eigenvalue weighted by molar-refractivity contribution is -0.116. The molecule has 0 saturated heterocycles. The van der Waals surface area contributed by atoms with E-state index < -0.39 is 5.97 Å². The second-order valence-electron chi connectivity index (χ2n) is 7.24. The van der Waals surface area contributed by atoms with Gasteiger partial charge >= 0.3 is 5.97 Å². The number of nitrogens with zero attached hydrogens (tertiary/aromatic N) is 1. The van der Waals surface area contributed by atoms with E-state index in [4.69, 9.17) is 9.15 Å². The van der Waals surface area contributed by atoms with Crippen molar-refractivity contribution in [1.29, 1.82) is 0 Å². The van der Waals surface area contributed by atoms with Crippen molar-refractivity contribution in [2.24, 2.45) is 0 Å². The third kappa shape index (κ3) is 5.56. The summed E-state index contributed by atoms with van der Waals surface area (Å²) in [5.41, 5.74) is 3.17. The van der Waals surface area contributed by atoms with Crippen molar-refractivity contribution in [3.05, 3.63) is 71.7 Å². The number of rotatable bonds is 8. The summed E-state index contributed by atoms with van der Waals surface area (Å²) in [6, 6.07) is 14.9. The van der Waals surface area contributed by atoms with Gasteiger partial charge in [0.05, 0.1) is 18.4 Å². The molecule has 1 N–H and O–H groups in total. The summed E-state index contributed by atoms with van der Waals surface area (Å²) < 4.78 is 10.8. The van der Waals surface area contributed by atoms with Gasteiger partial charge in [0, 0.05) is 24.1 Å². The molecule has 0 fully saturated rings. The molecule has 0 bridgehead atoms. The Morgan fingerprint density at radius 3 is 2.60 bits per heavy atom. The molecule has 0 aliphatic carbocycles. The van der Waals surface area contributed by atoms with Crippen LogP contribution in [0.3, 0.4) is 0 Å². The molecule has 0 aliphatic rings. The first-order valence-corrected chi connectivity index (χ1v) is 10.1. The van der Waals surface area contributed by atoms with Crippen LogP contribution in [-0.4, -0.2) is 23.5 Å². The Hall–Kier alpha value is -3.41. The molecule has 156 valence electrons. The van der Waals surface area contributed by atoms with Crippen LogP contribution in [0.15, 0.2) is 59.1 Å². The highest BCUT2D eigenvalue weighted by Gasteiger charge is 2.11. The fourth-order valence-corrected chi connectivity index (χ4v) is 2.97. The number of ether oxygens (including phenoxy) is 1. The number of nitrogens with one attached hydrogen (secondary N) is 1. The lowest BCUT2D eigenvalue weighted by atomic mass is 10.0. The average Bonchev–Trinajstić information content (AvgIpc) is 3.22. The first kappa shape index (κ1) is 21.3. The number of oxazole rings is 1. The number of carbonyl (C=O) groups excluding carboxylic acids is 2. The molecule has 6 nitrogen and oxygen atoms in total.